The average molecular weight is 321 g/mol. The molecule has 1 aliphatic rings. The van der Waals surface area contributed by atoms with Gasteiger partial charge in [-0.1, -0.05) is 36.9 Å². The summed E-state index contributed by atoms with van der Waals surface area (Å²) in [5.41, 5.74) is 6.56. The second kappa shape index (κ2) is 6.98. The molecule has 1 heterocycles. The predicted molar refractivity (Wildman–Crippen MR) is 89.1 cm³/mol. The second-order valence-electron chi connectivity index (χ2n) is 5.51. The van der Waals surface area contributed by atoms with Crippen LogP contribution in [0.25, 0.3) is 0 Å². The van der Waals surface area contributed by atoms with Gasteiger partial charge in [0.25, 0.3) is 0 Å². The summed E-state index contributed by atoms with van der Waals surface area (Å²) >= 11 is 0. The Bertz CT molecular complexity index is 653. The van der Waals surface area contributed by atoms with E-state index in [1.807, 2.05) is 42.3 Å². The first-order chi connectivity index (χ1) is 10.4. The summed E-state index contributed by atoms with van der Waals surface area (Å²) in [4.78, 5) is 0. The van der Waals surface area contributed by atoms with Gasteiger partial charge >= 0.3 is 0 Å². The highest BCUT2D eigenvalue weighted by Crippen LogP contribution is 2.18. The van der Waals surface area contributed by atoms with Crippen molar-refractivity contribution in [3.63, 3.8) is 0 Å². The lowest BCUT2D eigenvalue weighted by Crippen LogP contribution is -2.43. The van der Waals surface area contributed by atoms with E-state index in [9.17, 15) is 8.42 Å². The van der Waals surface area contributed by atoms with Crippen LogP contribution in [0, 0.1) is 0 Å². The van der Waals surface area contributed by atoms with E-state index in [0.717, 1.165) is 17.7 Å². The molecule has 5 nitrogen and oxygen atoms in total. The molecule has 1 N–H and O–H groups in total. The van der Waals surface area contributed by atoms with E-state index in [0.29, 0.717) is 19.6 Å². The Balaban J connectivity index is 2.08. The number of hydrogen-bond donors (Lipinski definition) is 1. The van der Waals surface area contributed by atoms with Crippen LogP contribution >= 0.6 is 0 Å². The molecule has 1 aliphatic heterocycles. The van der Waals surface area contributed by atoms with Crippen LogP contribution < -0.4 is 5.43 Å². The Kier molecular flexibility index (Phi) is 5.26. The highest BCUT2D eigenvalue weighted by atomic mass is 32.2. The van der Waals surface area contributed by atoms with Crippen LogP contribution in [-0.2, 0) is 16.6 Å². The average Bonchev–Trinajstić information content (AvgIpc) is 2.48. The van der Waals surface area contributed by atoms with Gasteiger partial charge in [-0.25, -0.2) is 8.42 Å². The highest BCUT2D eigenvalue weighted by Gasteiger charge is 2.24. The number of sulfonamides is 1. The van der Waals surface area contributed by atoms with E-state index in [2.05, 4.69) is 12.0 Å². The first-order valence-corrected chi connectivity index (χ1v) is 9.08. The summed E-state index contributed by atoms with van der Waals surface area (Å²) in [5.74, 6) is 0. The van der Waals surface area contributed by atoms with E-state index in [4.69, 9.17) is 0 Å². The standard InChI is InChI=1S/C16H23N3O2S/c1-4-18(12-15-8-6-5-7-9-15)17-16-13-19(22(3,20)21)11-10-14(16)2/h4-9,17H,1,10-13H2,2-3H3. The minimum Gasteiger partial charge on any atom is -0.301 e. The van der Waals surface area contributed by atoms with Crippen molar-refractivity contribution >= 4 is 10.0 Å². The largest absolute Gasteiger partial charge is 0.301 e. The molecule has 0 fully saturated rings. The van der Waals surface area contributed by atoms with Crippen molar-refractivity contribution in [3.05, 3.63) is 59.9 Å². The van der Waals surface area contributed by atoms with E-state index in [1.165, 1.54) is 16.1 Å². The van der Waals surface area contributed by atoms with Gasteiger partial charge in [-0.3, -0.25) is 5.01 Å². The van der Waals surface area contributed by atoms with Crippen molar-refractivity contribution in [2.75, 3.05) is 19.3 Å². The molecule has 0 unspecified atom stereocenters. The topological polar surface area (TPSA) is 52.6 Å². The highest BCUT2D eigenvalue weighted by molar-refractivity contribution is 7.88. The molecule has 22 heavy (non-hydrogen) atoms. The molecule has 0 radical (unpaired) electrons. The lowest BCUT2D eigenvalue weighted by molar-refractivity contribution is 0.274. The summed E-state index contributed by atoms with van der Waals surface area (Å²) in [6.07, 6.45) is 3.71. The maximum atomic E-state index is 11.7. The Morgan fingerprint density at radius 3 is 2.64 bits per heavy atom. The van der Waals surface area contributed by atoms with Gasteiger partial charge in [-0.2, -0.15) is 4.31 Å². The maximum absolute atomic E-state index is 11.7. The van der Waals surface area contributed by atoms with Gasteiger partial charge in [0.2, 0.25) is 10.0 Å². The lowest BCUT2D eigenvalue weighted by atomic mass is 10.1. The Hall–Kier alpha value is -1.79. The predicted octanol–water partition coefficient (Wildman–Crippen LogP) is 2.08. The molecular weight excluding hydrogens is 298 g/mol. The SMILES string of the molecule is C=CN(Cc1ccccc1)NC1=C(C)CCN(S(C)(=O)=O)C1. The van der Waals surface area contributed by atoms with Crippen LogP contribution in [0.5, 0.6) is 0 Å². The molecule has 0 saturated carbocycles. The van der Waals surface area contributed by atoms with Crippen LogP contribution in [0.1, 0.15) is 18.9 Å². The van der Waals surface area contributed by atoms with Crippen molar-refractivity contribution in [2.45, 2.75) is 19.9 Å². The fourth-order valence-corrected chi connectivity index (χ4v) is 3.14. The van der Waals surface area contributed by atoms with Crippen molar-refractivity contribution in [2.24, 2.45) is 0 Å². The van der Waals surface area contributed by atoms with Gasteiger partial charge < -0.3 is 5.43 Å². The van der Waals surface area contributed by atoms with E-state index >= 15 is 0 Å². The molecule has 0 saturated heterocycles. The third-order valence-corrected chi connectivity index (χ3v) is 5.00. The maximum Gasteiger partial charge on any atom is 0.211 e. The van der Waals surface area contributed by atoms with E-state index in [-0.39, 0.29) is 0 Å². The quantitative estimate of drug-likeness (QED) is 0.815. The number of rotatable bonds is 6. The molecule has 120 valence electrons. The van der Waals surface area contributed by atoms with Gasteiger partial charge in [-0.15, -0.1) is 0 Å². The summed E-state index contributed by atoms with van der Waals surface area (Å²) in [6.45, 7) is 7.45. The zero-order valence-electron chi connectivity index (χ0n) is 13.1. The molecule has 0 aliphatic carbocycles. The molecule has 2 rings (SSSR count). The van der Waals surface area contributed by atoms with Gasteiger partial charge in [0.15, 0.2) is 0 Å². The zero-order chi connectivity index (χ0) is 16.2. The number of hydrazine groups is 1. The van der Waals surface area contributed by atoms with Gasteiger partial charge in [0.1, 0.15) is 0 Å². The molecule has 0 amide bonds. The second-order valence-corrected chi connectivity index (χ2v) is 7.50. The molecule has 1 aromatic carbocycles. The molecular formula is C16H23N3O2S. The van der Waals surface area contributed by atoms with Crippen molar-refractivity contribution < 1.29 is 8.42 Å². The van der Waals surface area contributed by atoms with Crippen molar-refractivity contribution in [3.8, 4) is 0 Å². The molecule has 0 aromatic heterocycles. The van der Waals surface area contributed by atoms with Crippen LogP contribution in [-0.4, -0.2) is 37.1 Å². The molecule has 0 bridgehead atoms. The van der Waals surface area contributed by atoms with E-state index < -0.39 is 10.0 Å². The third-order valence-electron chi connectivity index (χ3n) is 3.75. The number of nitrogens with one attached hydrogen (secondary N) is 1. The van der Waals surface area contributed by atoms with Crippen LogP contribution in [0.2, 0.25) is 0 Å². The third kappa shape index (κ3) is 4.35. The van der Waals surface area contributed by atoms with Crippen molar-refractivity contribution in [1.29, 1.82) is 0 Å². The Morgan fingerprint density at radius 2 is 2.05 bits per heavy atom. The van der Waals surface area contributed by atoms with Gasteiger partial charge in [-0.05, 0) is 24.5 Å². The normalized spacial score (nSPS) is 16.5. The first-order valence-electron chi connectivity index (χ1n) is 7.23. The lowest BCUT2D eigenvalue weighted by Gasteiger charge is -2.32. The van der Waals surface area contributed by atoms with Crippen LogP contribution in [0.3, 0.4) is 0 Å². The fourth-order valence-electron chi connectivity index (χ4n) is 2.35. The summed E-state index contributed by atoms with van der Waals surface area (Å²) in [7, 11) is -3.17. The molecule has 1 aromatic rings. The fraction of sp³-hybridized carbons (Fsp3) is 0.375. The minimum absolute atomic E-state index is 0.379. The summed E-state index contributed by atoms with van der Waals surface area (Å²) in [5, 5.41) is 1.87. The number of benzene rings is 1. The van der Waals surface area contributed by atoms with Crippen LogP contribution in [0.15, 0.2) is 54.4 Å². The molecule has 6 heteroatoms. The monoisotopic (exact) mass is 321 g/mol. The Morgan fingerprint density at radius 1 is 1.36 bits per heavy atom. The number of nitrogens with zero attached hydrogens (tertiary/aromatic N) is 2. The number of hydrogen-bond acceptors (Lipinski definition) is 4. The Labute approximate surface area is 132 Å². The van der Waals surface area contributed by atoms with E-state index in [1.54, 1.807) is 6.20 Å². The van der Waals surface area contributed by atoms with Gasteiger partial charge in [0.05, 0.1) is 19.3 Å². The van der Waals surface area contributed by atoms with Crippen LogP contribution in [0.4, 0.5) is 0 Å². The summed E-state index contributed by atoms with van der Waals surface area (Å²) in [6, 6.07) is 10.1. The molecule has 0 atom stereocenters. The van der Waals surface area contributed by atoms with Gasteiger partial charge in [0, 0.05) is 18.4 Å². The zero-order valence-corrected chi connectivity index (χ0v) is 13.9. The molecule has 0 spiro atoms. The first kappa shape index (κ1) is 16.6. The minimum atomic E-state index is -3.17. The van der Waals surface area contributed by atoms with Crippen molar-refractivity contribution in [1.82, 2.24) is 14.7 Å². The summed E-state index contributed by atoms with van der Waals surface area (Å²) < 4.78 is 24.9. The smallest absolute Gasteiger partial charge is 0.211 e.